The Morgan fingerprint density at radius 1 is 1.17 bits per heavy atom. The Hall–Kier alpha value is -1.96. The van der Waals surface area contributed by atoms with Crippen molar-refractivity contribution in [3.63, 3.8) is 0 Å². The molecule has 0 saturated carbocycles. The molecule has 0 N–H and O–H groups in total. The molecule has 0 atom stereocenters. The van der Waals surface area contributed by atoms with E-state index in [1.807, 2.05) is 16.7 Å². The lowest BCUT2D eigenvalue weighted by atomic mass is 10.3. The highest BCUT2D eigenvalue weighted by Gasteiger charge is 2.19. The number of aromatic nitrogens is 3. The van der Waals surface area contributed by atoms with Crippen LogP contribution in [0.4, 0.5) is 5.82 Å². The van der Waals surface area contributed by atoms with Crippen LogP contribution in [0.25, 0.3) is 11.1 Å². The van der Waals surface area contributed by atoms with E-state index in [1.165, 1.54) is 0 Å². The van der Waals surface area contributed by atoms with Crippen LogP contribution in [-0.2, 0) is 6.67 Å². The van der Waals surface area contributed by atoms with Crippen molar-refractivity contribution >= 4 is 40.7 Å². The van der Waals surface area contributed by atoms with Crippen LogP contribution in [0, 0.1) is 4.84 Å². The number of fused-ring (bicyclic) bond motifs is 1. The SMILES string of the molecule is S=c1oc2cc(Cl)ccc2n1CN1CCN(c2cnccn2)CC1. The molecule has 3 heterocycles. The van der Waals surface area contributed by atoms with Crippen LogP contribution in [0.15, 0.2) is 41.2 Å². The highest BCUT2D eigenvalue weighted by Crippen LogP contribution is 2.22. The van der Waals surface area contributed by atoms with Crippen LogP contribution in [0.2, 0.25) is 5.02 Å². The second kappa shape index (κ2) is 6.51. The zero-order valence-electron chi connectivity index (χ0n) is 12.9. The van der Waals surface area contributed by atoms with Gasteiger partial charge in [-0.1, -0.05) is 11.6 Å². The van der Waals surface area contributed by atoms with E-state index in [4.69, 9.17) is 28.2 Å². The van der Waals surface area contributed by atoms with Gasteiger partial charge in [0.05, 0.1) is 18.4 Å². The Bertz CT molecular complexity index is 902. The standard InChI is InChI=1S/C16H16ClN5OS/c17-12-1-2-13-14(9-12)23-16(24)22(13)11-20-5-7-21(8-6-20)15-10-18-3-4-19-15/h1-4,9-10H,5-8,11H2. The Kier molecular flexibility index (Phi) is 4.22. The Morgan fingerprint density at radius 2 is 2.00 bits per heavy atom. The number of rotatable bonds is 3. The van der Waals surface area contributed by atoms with Crippen molar-refractivity contribution in [3.05, 3.63) is 46.6 Å². The smallest absolute Gasteiger partial charge is 0.270 e. The van der Waals surface area contributed by atoms with Gasteiger partial charge in [-0.05, 0) is 24.4 Å². The van der Waals surface area contributed by atoms with Gasteiger partial charge in [-0.2, -0.15) is 0 Å². The quantitative estimate of drug-likeness (QED) is 0.668. The first-order valence-corrected chi connectivity index (χ1v) is 8.51. The average molecular weight is 362 g/mol. The first-order chi connectivity index (χ1) is 11.7. The maximum Gasteiger partial charge on any atom is 0.270 e. The summed E-state index contributed by atoms with van der Waals surface area (Å²) >= 11 is 11.4. The number of anilines is 1. The number of nitrogens with zero attached hydrogens (tertiary/aromatic N) is 5. The van der Waals surface area contributed by atoms with Gasteiger partial charge in [0.1, 0.15) is 5.82 Å². The van der Waals surface area contributed by atoms with Gasteiger partial charge in [0.2, 0.25) is 0 Å². The summed E-state index contributed by atoms with van der Waals surface area (Å²) in [7, 11) is 0. The predicted molar refractivity (Wildman–Crippen MR) is 95.9 cm³/mol. The van der Waals surface area contributed by atoms with E-state index in [9.17, 15) is 0 Å². The topological polar surface area (TPSA) is 50.3 Å². The molecule has 3 aromatic rings. The molecule has 1 aliphatic rings. The predicted octanol–water partition coefficient (Wildman–Crippen LogP) is 3.19. The van der Waals surface area contributed by atoms with Gasteiger partial charge in [0.15, 0.2) is 5.58 Å². The van der Waals surface area contributed by atoms with Crippen LogP contribution in [0.3, 0.4) is 0 Å². The Morgan fingerprint density at radius 3 is 2.75 bits per heavy atom. The lowest BCUT2D eigenvalue weighted by Crippen LogP contribution is -2.47. The molecule has 6 nitrogen and oxygen atoms in total. The van der Waals surface area contributed by atoms with Crippen molar-refractivity contribution in [2.24, 2.45) is 0 Å². The molecular formula is C16H16ClN5OS. The van der Waals surface area contributed by atoms with Gasteiger partial charge >= 0.3 is 0 Å². The lowest BCUT2D eigenvalue weighted by Gasteiger charge is -2.35. The van der Waals surface area contributed by atoms with Crippen molar-refractivity contribution in [1.82, 2.24) is 19.4 Å². The van der Waals surface area contributed by atoms with Gasteiger partial charge in [-0.25, -0.2) is 4.98 Å². The van der Waals surface area contributed by atoms with E-state index in [0.29, 0.717) is 16.5 Å². The molecule has 0 spiro atoms. The highest BCUT2D eigenvalue weighted by molar-refractivity contribution is 7.71. The fraction of sp³-hybridized carbons (Fsp3) is 0.312. The van der Waals surface area contributed by atoms with E-state index in [0.717, 1.165) is 43.1 Å². The van der Waals surface area contributed by atoms with E-state index >= 15 is 0 Å². The monoisotopic (exact) mass is 361 g/mol. The number of piperazine rings is 1. The lowest BCUT2D eigenvalue weighted by molar-refractivity contribution is 0.204. The summed E-state index contributed by atoms with van der Waals surface area (Å²) in [5, 5.41) is 0.649. The van der Waals surface area contributed by atoms with Gasteiger partial charge in [0.25, 0.3) is 4.84 Å². The third-order valence-corrected chi connectivity index (χ3v) is 4.76. The molecule has 2 aromatic heterocycles. The van der Waals surface area contributed by atoms with E-state index in [1.54, 1.807) is 24.7 Å². The van der Waals surface area contributed by atoms with Crippen molar-refractivity contribution in [1.29, 1.82) is 0 Å². The molecule has 0 bridgehead atoms. The van der Waals surface area contributed by atoms with Gasteiger partial charge < -0.3 is 9.32 Å². The molecule has 0 aliphatic carbocycles. The third-order valence-electron chi connectivity index (χ3n) is 4.22. The third kappa shape index (κ3) is 3.02. The number of hydrogen-bond acceptors (Lipinski definition) is 6. The van der Waals surface area contributed by atoms with E-state index < -0.39 is 0 Å². The number of oxazole rings is 1. The molecule has 0 unspecified atom stereocenters. The van der Waals surface area contributed by atoms with Gasteiger partial charge in [0, 0.05) is 49.7 Å². The summed E-state index contributed by atoms with van der Waals surface area (Å²) in [6.45, 7) is 4.39. The molecule has 1 aromatic carbocycles. The summed E-state index contributed by atoms with van der Waals surface area (Å²) in [4.78, 5) is 13.6. The highest BCUT2D eigenvalue weighted by atomic mass is 35.5. The van der Waals surface area contributed by atoms with Crippen LogP contribution in [-0.4, -0.2) is 45.6 Å². The normalized spacial score (nSPS) is 16.0. The molecule has 8 heteroatoms. The van der Waals surface area contributed by atoms with Crippen LogP contribution < -0.4 is 4.90 Å². The van der Waals surface area contributed by atoms with Crippen LogP contribution >= 0.6 is 23.8 Å². The van der Waals surface area contributed by atoms with Crippen LogP contribution in [0.5, 0.6) is 0 Å². The van der Waals surface area contributed by atoms with E-state index in [-0.39, 0.29) is 0 Å². The molecule has 0 radical (unpaired) electrons. The molecule has 0 amide bonds. The van der Waals surface area contributed by atoms with Crippen molar-refractivity contribution in [2.45, 2.75) is 6.67 Å². The molecular weight excluding hydrogens is 346 g/mol. The second-order valence-corrected chi connectivity index (χ2v) is 6.50. The fourth-order valence-electron chi connectivity index (χ4n) is 2.95. The first-order valence-electron chi connectivity index (χ1n) is 7.73. The second-order valence-electron chi connectivity index (χ2n) is 5.72. The maximum absolute atomic E-state index is 6.02. The minimum atomic E-state index is 0.476. The fourth-order valence-corrected chi connectivity index (χ4v) is 3.35. The summed E-state index contributed by atoms with van der Waals surface area (Å²) < 4.78 is 7.66. The summed E-state index contributed by atoms with van der Waals surface area (Å²) in [6.07, 6.45) is 5.22. The minimum Gasteiger partial charge on any atom is -0.429 e. The van der Waals surface area contributed by atoms with Crippen molar-refractivity contribution in [2.75, 3.05) is 31.1 Å². The van der Waals surface area contributed by atoms with Crippen molar-refractivity contribution in [3.8, 4) is 0 Å². The molecule has 4 rings (SSSR count). The maximum atomic E-state index is 6.02. The minimum absolute atomic E-state index is 0.476. The van der Waals surface area contributed by atoms with E-state index in [2.05, 4.69) is 19.8 Å². The summed E-state index contributed by atoms with van der Waals surface area (Å²) in [5.74, 6) is 0.928. The number of halogens is 1. The van der Waals surface area contributed by atoms with Crippen LogP contribution in [0.1, 0.15) is 0 Å². The Balaban J connectivity index is 1.48. The molecule has 1 saturated heterocycles. The zero-order valence-corrected chi connectivity index (χ0v) is 14.5. The molecule has 1 aliphatic heterocycles. The number of benzene rings is 1. The summed E-state index contributed by atoms with van der Waals surface area (Å²) in [5.41, 5.74) is 1.70. The molecule has 124 valence electrons. The Labute approximate surface area is 149 Å². The van der Waals surface area contributed by atoms with Crippen molar-refractivity contribution < 1.29 is 4.42 Å². The first kappa shape index (κ1) is 15.6. The number of hydrogen-bond donors (Lipinski definition) is 0. The largest absolute Gasteiger partial charge is 0.429 e. The molecule has 24 heavy (non-hydrogen) atoms. The average Bonchev–Trinajstić information content (AvgIpc) is 2.91. The van der Waals surface area contributed by atoms with Gasteiger partial charge in [-0.15, -0.1) is 0 Å². The zero-order chi connectivity index (χ0) is 16.5. The van der Waals surface area contributed by atoms with Gasteiger partial charge in [-0.3, -0.25) is 14.5 Å². The molecule has 1 fully saturated rings. The summed E-state index contributed by atoms with van der Waals surface area (Å²) in [6, 6.07) is 5.61.